The molecule has 0 aliphatic heterocycles. The minimum Gasteiger partial charge on any atom is -0.355 e. The van der Waals surface area contributed by atoms with Crippen molar-refractivity contribution in [3.8, 4) is 0 Å². The van der Waals surface area contributed by atoms with Crippen molar-refractivity contribution in [3.63, 3.8) is 0 Å². The number of rotatable bonds is 5. The Hall–Kier alpha value is -1.23. The maximum absolute atomic E-state index is 12.8. The average Bonchev–Trinajstić information content (AvgIpc) is 2.41. The second-order valence-electron chi connectivity index (χ2n) is 4.87. The second kappa shape index (κ2) is 7.38. The van der Waals surface area contributed by atoms with Gasteiger partial charge in [0.1, 0.15) is 5.82 Å². The lowest BCUT2D eigenvalue weighted by Gasteiger charge is -2.23. The summed E-state index contributed by atoms with van der Waals surface area (Å²) in [7, 11) is 1.74. The molecule has 1 rings (SSSR count). The van der Waals surface area contributed by atoms with E-state index in [1.807, 2.05) is 11.8 Å². The zero-order chi connectivity index (χ0) is 14.3. The summed E-state index contributed by atoms with van der Waals surface area (Å²) in [4.78, 5) is 4.17. The molecule has 0 saturated carbocycles. The molecule has 0 heterocycles. The van der Waals surface area contributed by atoms with Crippen LogP contribution in [0.5, 0.6) is 0 Å². The Labute approximate surface area is 119 Å². The average molecular weight is 283 g/mol. The highest BCUT2D eigenvalue weighted by atomic mass is 32.2. The second-order valence-corrected chi connectivity index (χ2v) is 6.38. The van der Waals surface area contributed by atoms with E-state index < -0.39 is 0 Å². The molecule has 0 amide bonds. The maximum atomic E-state index is 12.8. The normalized spacial score (nSPS) is 12.4. The minimum absolute atomic E-state index is 0.160. The monoisotopic (exact) mass is 283 g/mol. The first kappa shape index (κ1) is 15.8. The molecule has 19 heavy (non-hydrogen) atoms. The predicted octanol–water partition coefficient (Wildman–Crippen LogP) is 2.63. The van der Waals surface area contributed by atoms with E-state index in [4.69, 9.17) is 0 Å². The summed E-state index contributed by atoms with van der Waals surface area (Å²) in [5.41, 5.74) is 1.02. The summed E-state index contributed by atoms with van der Waals surface area (Å²) in [5.74, 6) is 0.541. The third-order valence-corrected chi connectivity index (χ3v) is 4.08. The first-order valence-electron chi connectivity index (χ1n) is 6.21. The number of aliphatic imine (C=N–C) groups is 1. The molecule has 0 fully saturated rings. The van der Waals surface area contributed by atoms with E-state index in [0.29, 0.717) is 6.54 Å². The van der Waals surface area contributed by atoms with Crippen molar-refractivity contribution < 1.29 is 4.39 Å². The van der Waals surface area contributed by atoms with Crippen LogP contribution >= 0.6 is 11.8 Å². The van der Waals surface area contributed by atoms with E-state index in [9.17, 15) is 4.39 Å². The standard InChI is InChI=1S/C14H22FN3S/c1-14(2,19-4)10-18-13(16-3)17-9-11-5-7-12(15)8-6-11/h5-8H,9-10H2,1-4H3,(H2,16,17,18). The number of halogens is 1. The fourth-order valence-electron chi connectivity index (χ4n) is 1.38. The fourth-order valence-corrected chi connectivity index (χ4v) is 1.59. The van der Waals surface area contributed by atoms with Gasteiger partial charge in [-0.15, -0.1) is 0 Å². The van der Waals surface area contributed by atoms with Crippen molar-refractivity contribution in [1.29, 1.82) is 0 Å². The molecule has 0 aliphatic rings. The predicted molar refractivity (Wildman–Crippen MR) is 82.2 cm³/mol. The van der Waals surface area contributed by atoms with Gasteiger partial charge in [-0.1, -0.05) is 12.1 Å². The molecule has 0 spiro atoms. The van der Waals surface area contributed by atoms with Gasteiger partial charge in [-0.05, 0) is 37.8 Å². The van der Waals surface area contributed by atoms with Gasteiger partial charge in [0.25, 0.3) is 0 Å². The number of hydrogen-bond acceptors (Lipinski definition) is 2. The Morgan fingerprint density at radius 1 is 1.26 bits per heavy atom. The quantitative estimate of drug-likeness (QED) is 0.644. The van der Waals surface area contributed by atoms with Gasteiger partial charge in [0.15, 0.2) is 5.96 Å². The van der Waals surface area contributed by atoms with Crippen molar-refractivity contribution in [3.05, 3.63) is 35.6 Å². The largest absolute Gasteiger partial charge is 0.355 e. The van der Waals surface area contributed by atoms with Gasteiger partial charge in [-0.3, -0.25) is 4.99 Å². The van der Waals surface area contributed by atoms with Crippen molar-refractivity contribution in [2.24, 2.45) is 4.99 Å². The van der Waals surface area contributed by atoms with Gasteiger partial charge >= 0.3 is 0 Å². The highest BCUT2D eigenvalue weighted by Gasteiger charge is 2.15. The molecule has 2 N–H and O–H groups in total. The van der Waals surface area contributed by atoms with Gasteiger partial charge in [-0.25, -0.2) is 4.39 Å². The first-order valence-corrected chi connectivity index (χ1v) is 7.43. The van der Waals surface area contributed by atoms with Crippen LogP contribution in [0.2, 0.25) is 0 Å². The van der Waals surface area contributed by atoms with Crippen LogP contribution in [0.15, 0.2) is 29.3 Å². The first-order chi connectivity index (χ1) is 8.96. The van der Waals surface area contributed by atoms with Gasteiger partial charge in [0.2, 0.25) is 0 Å². The Morgan fingerprint density at radius 2 is 1.89 bits per heavy atom. The Balaban J connectivity index is 2.43. The van der Waals surface area contributed by atoms with Crippen molar-refractivity contribution in [2.75, 3.05) is 19.8 Å². The van der Waals surface area contributed by atoms with Crippen LogP contribution in [-0.4, -0.2) is 30.6 Å². The SMILES string of the molecule is CN=C(NCc1ccc(F)cc1)NCC(C)(C)SC. The lowest BCUT2D eigenvalue weighted by Crippen LogP contribution is -2.42. The van der Waals surface area contributed by atoms with Gasteiger partial charge in [-0.2, -0.15) is 11.8 Å². The van der Waals surface area contributed by atoms with E-state index in [1.165, 1.54) is 12.1 Å². The zero-order valence-electron chi connectivity index (χ0n) is 12.0. The van der Waals surface area contributed by atoms with Crippen LogP contribution in [0.3, 0.4) is 0 Å². The van der Waals surface area contributed by atoms with Crippen LogP contribution in [-0.2, 0) is 6.54 Å². The lowest BCUT2D eigenvalue weighted by atomic mass is 10.2. The summed E-state index contributed by atoms with van der Waals surface area (Å²) in [6.07, 6.45) is 2.09. The molecule has 0 saturated heterocycles. The van der Waals surface area contributed by atoms with Crippen molar-refractivity contribution in [1.82, 2.24) is 10.6 Å². The number of hydrogen-bond donors (Lipinski definition) is 2. The van der Waals surface area contributed by atoms with Crippen molar-refractivity contribution in [2.45, 2.75) is 25.1 Å². The lowest BCUT2D eigenvalue weighted by molar-refractivity contribution is 0.626. The summed E-state index contributed by atoms with van der Waals surface area (Å²) in [5, 5.41) is 6.50. The molecule has 106 valence electrons. The van der Waals surface area contributed by atoms with E-state index in [1.54, 1.807) is 19.2 Å². The van der Waals surface area contributed by atoms with Gasteiger partial charge < -0.3 is 10.6 Å². The van der Waals surface area contributed by atoms with E-state index in [-0.39, 0.29) is 10.6 Å². The maximum Gasteiger partial charge on any atom is 0.191 e. The molecular formula is C14H22FN3S. The molecular weight excluding hydrogens is 261 g/mol. The summed E-state index contributed by atoms with van der Waals surface area (Å²) < 4.78 is 12.9. The van der Waals surface area contributed by atoms with Gasteiger partial charge in [0, 0.05) is 24.9 Å². The summed E-state index contributed by atoms with van der Waals surface area (Å²) in [6.45, 7) is 5.81. The van der Waals surface area contributed by atoms with Crippen molar-refractivity contribution >= 4 is 17.7 Å². The fraction of sp³-hybridized carbons (Fsp3) is 0.500. The molecule has 1 aromatic carbocycles. The number of benzene rings is 1. The highest BCUT2D eigenvalue weighted by Crippen LogP contribution is 2.19. The smallest absolute Gasteiger partial charge is 0.191 e. The third-order valence-electron chi connectivity index (χ3n) is 2.83. The summed E-state index contributed by atoms with van der Waals surface area (Å²) >= 11 is 1.81. The van der Waals surface area contributed by atoms with Crippen LogP contribution in [0.1, 0.15) is 19.4 Å². The van der Waals surface area contributed by atoms with Crippen LogP contribution in [0.25, 0.3) is 0 Å². The van der Waals surface area contributed by atoms with Crippen LogP contribution in [0, 0.1) is 5.82 Å². The van der Waals surface area contributed by atoms with Crippen LogP contribution < -0.4 is 10.6 Å². The number of nitrogens with zero attached hydrogens (tertiary/aromatic N) is 1. The number of guanidine groups is 1. The number of thioether (sulfide) groups is 1. The van der Waals surface area contributed by atoms with E-state index in [2.05, 4.69) is 35.7 Å². The molecule has 0 aromatic heterocycles. The molecule has 1 aromatic rings. The Morgan fingerprint density at radius 3 is 2.42 bits per heavy atom. The molecule has 0 aliphatic carbocycles. The Kier molecular flexibility index (Phi) is 6.15. The van der Waals surface area contributed by atoms with E-state index in [0.717, 1.165) is 18.1 Å². The minimum atomic E-state index is -0.215. The zero-order valence-corrected chi connectivity index (χ0v) is 12.8. The third kappa shape index (κ3) is 5.96. The molecule has 0 unspecified atom stereocenters. The summed E-state index contributed by atoms with van der Waals surface area (Å²) in [6, 6.07) is 6.46. The molecule has 0 bridgehead atoms. The topological polar surface area (TPSA) is 36.4 Å². The van der Waals surface area contributed by atoms with Gasteiger partial charge in [0.05, 0.1) is 0 Å². The number of nitrogens with one attached hydrogen (secondary N) is 2. The molecule has 0 radical (unpaired) electrons. The van der Waals surface area contributed by atoms with E-state index >= 15 is 0 Å². The highest BCUT2D eigenvalue weighted by molar-refractivity contribution is 7.99. The molecule has 0 atom stereocenters. The molecule has 3 nitrogen and oxygen atoms in total. The van der Waals surface area contributed by atoms with Crippen LogP contribution in [0.4, 0.5) is 4.39 Å². The molecule has 5 heteroatoms. The Bertz CT molecular complexity index is 415.